The zero-order valence-electron chi connectivity index (χ0n) is 8.16. The van der Waals surface area contributed by atoms with Gasteiger partial charge in [0.25, 0.3) is 0 Å². The van der Waals surface area contributed by atoms with Crippen LogP contribution in [0, 0.1) is 0 Å². The van der Waals surface area contributed by atoms with Crippen LogP contribution in [0.1, 0.15) is 31.9 Å². The lowest BCUT2D eigenvalue weighted by Crippen LogP contribution is -2.15. The maximum absolute atomic E-state index is 5.82. The number of fused-ring (bicyclic) bond motifs is 1. The Kier molecular flexibility index (Phi) is 1.80. The molecule has 0 amide bonds. The Bertz CT molecular complexity index is 376. The lowest BCUT2D eigenvalue weighted by atomic mass is 10.0. The molecular formula is C10H13BrN2O. The third-order valence-corrected chi connectivity index (χ3v) is 3.91. The maximum atomic E-state index is 5.82. The van der Waals surface area contributed by atoms with Gasteiger partial charge in [-0.25, -0.2) is 0 Å². The molecule has 2 heterocycles. The average molecular weight is 257 g/mol. The number of ether oxygens (including phenoxy) is 1. The lowest BCUT2D eigenvalue weighted by Gasteiger charge is -2.11. The van der Waals surface area contributed by atoms with Crippen LogP contribution in [0.4, 0.5) is 0 Å². The van der Waals surface area contributed by atoms with Crippen LogP contribution < -0.4 is 0 Å². The summed E-state index contributed by atoms with van der Waals surface area (Å²) >= 11 is 3.57. The molecule has 14 heavy (non-hydrogen) atoms. The Labute approximate surface area is 91.6 Å². The van der Waals surface area contributed by atoms with Crippen LogP contribution in [0.25, 0.3) is 0 Å². The van der Waals surface area contributed by atoms with Crippen molar-refractivity contribution in [1.29, 1.82) is 0 Å². The molecule has 1 aromatic heterocycles. The van der Waals surface area contributed by atoms with E-state index in [4.69, 9.17) is 4.74 Å². The SMILES string of the molecule is CCn1ncc(Br)c1C12CCCC1O2. The molecule has 2 atom stereocenters. The summed E-state index contributed by atoms with van der Waals surface area (Å²) in [6.45, 7) is 3.03. The summed E-state index contributed by atoms with van der Waals surface area (Å²) in [6, 6.07) is 0. The first-order valence-electron chi connectivity index (χ1n) is 5.17. The fourth-order valence-corrected chi connectivity index (χ4v) is 3.26. The molecule has 1 aliphatic carbocycles. The van der Waals surface area contributed by atoms with Gasteiger partial charge in [0.1, 0.15) is 5.60 Å². The van der Waals surface area contributed by atoms with Gasteiger partial charge in [0.05, 0.1) is 22.5 Å². The molecule has 76 valence electrons. The van der Waals surface area contributed by atoms with Crippen molar-refractivity contribution < 1.29 is 4.74 Å². The van der Waals surface area contributed by atoms with E-state index >= 15 is 0 Å². The van der Waals surface area contributed by atoms with E-state index in [0.717, 1.165) is 17.4 Å². The van der Waals surface area contributed by atoms with Gasteiger partial charge in [0.2, 0.25) is 0 Å². The minimum atomic E-state index is 0.0192. The van der Waals surface area contributed by atoms with Gasteiger partial charge in [-0.3, -0.25) is 4.68 Å². The fraction of sp³-hybridized carbons (Fsp3) is 0.700. The monoisotopic (exact) mass is 256 g/mol. The standard InChI is InChI=1S/C10H13BrN2O/c1-2-13-9(7(11)6-12-13)10-5-3-4-8(10)14-10/h6,8H,2-5H2,1H3. The van der Waals surface area contributed by atoms with E-state index in [9.17, 15) is 0 Å². The summed E-state index contributed by atoms with van der Waals surface area (Å²) in [4.78, 5) is 0. The summed E-state index contributed by atoms with van der Waals surface area (Å²) in [6.07, 6.45) is 5.99. The molecule has 2 unspecified atom stereocenters. The van der Waals surface area contributed by atoms with Gasteiger partial charge in [-0.15, -0.1) is 0 Å². The van der Waals surface area contributed by atoms with Crippen LogP contribution >= 0.6 is 15.9 Å². The summed E-state index contributed by atoms with van der Waals surface area (Å²) in [5, 5.41) is 4.34. The molecule has 1 saturated heterocycles. The summed E-state index contributed by atoms with van der Waals surface area (Å²) in [5.41, 5.74) is 1.27. The predicted molar refractivity (Wildman–Crippen MR) is 56.0 cm³/mol. The lowest BCUT2D eigenvalue weighted by molar-refractivity contribution is 0.242. The van der Waals surface area contributed by atoms with E-state index < -0.39 is 0 Å². The normalized spacial score (nSPS) is 34.6. The summed E-state index contributed by atoms with van der Waals surface area (Å²) in [7, 11) is 0. The number of nitrogens with zero attached hydrogens (tertiary/aromatic N) is 2. The highest BCUT2D eigenvalue weighted by Gasteiger charge is 2.62. The maximum Gasteiger partial charge on any atom is 0.137 e. The van der Waals surface area contributed by atoms with E-state index in [1.165, 1.54) is 18.5 Å². The van der Waals surface area contributed by atoms with Crippen LogP contribution in [0.3, 0.4) is 0 Å². The van der Waals surface area contributed by atoms with Crippen molar-refractivity contribution in [3.05, 3.63) is 16.4 Å². The highest BCUT2D eigenvalue weighted by Crippen LogP contribution is 2.58. The fourth-order valence-electron chi connectivity index (χ4n) is 2.63. The topological polar surface area (TPSA) is 30.4 Å². The zero-order chi connectivity index (χ0) is 9.76. The summed E-state index contributed by atoms with van der Waals surface area (Å²) in [5.74, 6) is 0. The molecule has 1 aliphatic heterocycles. The van der Waals surface area contributed by atoms with Crippen molar-refractivity contribution in [2.75, 3.05) is 0 Å². The van der Waals surface area contributed by atoms with Gasteiger partial charge in [-0.05, 0) is 42.1 Å². The third-order valence-electron chi connectivity index (χ3n) is 3.33. The molecule has 3 nitrogen and oxygen atoms in total. The number of halogens is 1. The van der Waals surface area contributed by atoms with Gasteiger partial charge in [-0.2, -0.15) is 5.10 Å². The largest absolute Gasteiger partial charge is 0.359 e. The van der Waals surface area contributed by atoms with Gasteiger partial charge in [-0.1, -0.05) is 0 Å². The van der Waals surface area contributed by atoms with E-state index in [-0.39, 0.29) is 5.60 Å². The molecule has 3 rings (SSSR count). The third kappa shape index (κ3) is 0.984. The van der Waals surface area contributed by atoms with Crippen LogP contribution in [-0.2, 0) is 16.9 Å². The molecule has 2 aliphatic rings. The summed E-state index contributed by atoms with van der Waals surface area (Å²) < 4.78 is 8.97. The van der Waals surface area contributed by atoms with Gasteiger partial charge in [0, 0.05) is 6.54 Å². The van der Waals surface area contributed by atoms with Crippen molar-refractivity contribution in [1.82, 2.24) is 9.78 Å². The minimum absolute atomic E-state index is 0.0192. The van der Waals surface area contributed by atoms with Crippen molar-refractivity contribution >= 4 is 15.9 Å². The van der Waals surface area contributed by atoms with Crippen LogP contribution in [0.15, 0.2) is 10.7 Å². The van der Waals surface area contributed by atoms with Crippen molar-refractivity contribution in [3.8, 4) is 0 Å². The first-order valence-corrected chi connectivity index (χ1v) is 5.97. The number of hydrogen-bond donors (Lipinski definition) is 0. The number of rotatable bonds is 2. The minimum Gasteiger partial charge on any atom is -0.359 e. The smallest absolute Gasteiger partial charge is 0.137 e. The average Bonchev–Trinajstić information content (AvgIpc) is 2.59. The number of hydrogen-bond acceptors (Lipinski definition) is 2. The van der Waals surface area contributed by atoms with Crippen LogP contribution in [0.2, 0.25) is 0 Å². The molecule has 0 aromatic carbocycles. The second-order valence-corrected chi connectivity index (χ2v) is 4.90. The second kappa shape index (κ2) is 2.83. The molecule has 0 radical (unpaired) electrons. The molecule has 4 heteroatoms. The highest BCUT2D eigenvalue weighted by atomic mass is 79.9. The molecular weight excluding hydrogens is 244 g/mol. The van der Waals surface area contributed by atoms with E-state index in [1.807, 2.05) is 6.20 Å². The quantitative estimate of drug-likeness (QED) is 0.762. The highest BCUT2D eigenvalue weighted by molar-refractivity contribution is 9.10. The molecule has 0 bridgehead atoms. The van der Waals surface area contributed by atoms with E-state index in [1.54, 1.807) is 0 Å². The van der Waals surface area contributed by atoms with Gasteiger partial charge in [0.15, 0.2) is 0 Å². The van der Waals surface area contributed by atoms with Gasteiger partial charge >= 0.3 is 0 Å². The Hall–Kier alpha value is -0.350. The Morgan fingerprint density at radius 2 is 2.64 bits per heavy atom. The van der Waals surface area contributed by atoms with Crippen molar-refractivity contribution in [2.45, 2.75) is 44.4 Å². The molecule has 2 fully saturated rings. The van der Waals surface area contributed by atoms with Crippen LogP contribution in [0.5, 0.6) is 0 Å². The predicted octanol–water partition coefficient (Wildman–Crippen LogP) is 2.44. The molecule has 0 spiro atoms. The second-order valence-electron chi connectivity index (χ2n) is 4.05. The Morgan fingerprint density at radius 1 is 1.79 bits per heavy atom. The van der Waals surface area contributed by atoms with Crippen molar-refractivity contribution in [3.63, 3.8) is 0 Å². The van der Waals surface area contributed by atoms with Crippen LogP contribution in [-0.4, -0.2) is 15.9 Å². The molecule has 0 N–H and O–H groups in total. The first kappa shape index (κ1) is 8.92. The number of aromatic nitrogens is 2. The van der Waals surface area contributed by atoms with Gasteiger partial charge < -0.3 is 4.74 Å². The van der Waals surface area contributed by atoms with E-state index in [2.05, 4.69) is 32.6 Å². The Morgan fingerprint density at radius 3 is 3.21 bits per heavy atom. The molecule has 1 saturated carbocycles. The molecule has 1 aromatic rings. The number of aryl methyl sites for hydroxylation is 1. The zero-order valence-corrected chi connectivity index (χ0v) is 9.75. The number of epoxide rings is 1. The Balaban J connectivity index is 2.07. The van der Waals surface area contributed by atoms with E-state index in [0.29, 0.717) is 6.10 Å². The first-order chi connectivity index (χ1) is 6.78. The van der Waals surface area contributed by atoms with Crippen molar-refractivity contribution in [2.24, 2.45) is 0 Å².